The number of nitrogens with zero attached hydrogens (tertiary/aromatic N) is 1. The lowest BCUT2D eigenvalue weighted by Crippen LogP contribution is -2.56. The molecule has 9 heteroatoms. The van der Waals surface area contributed by atoms with Crippen LogP contribution in [0.5, 0.6) is 0 Å². The molecule has 0 amide bonds. The van der Waals surface area contributed by atoms with E-state index in [1.54, 1.807) is 13.8 Å². The number of morpholine rings is 1. The summed E-state index contributed by atoms with van der Waals surface area (Å²) in [5.74, 6) is -0.850. The lowest BCUT2D eigenvalue weighted by atomic mass is 10.1. The monoisotopic (exact) mass is 315 g/mol. The van der Waals surface area contributed by atoms with Crippen LogP contribution in [0.1, 0.15) is 13.8 Å². The highest BCUT2D eigenvalue weighted by Crippen LogP contribution is 2.23. The zero-order chi connectivity index (χ0) is 14.9. The predicted octanol–water partition coefficient (Wildman–Crippen LogP) is -1.17. The first-order valence-corrected chi connectivity index (χ1v) is 9.56. The number of ether oxygens (including phenoxy) is 1. The average molecular weight is 315 g/mol. The van der Waals surface area contributed by atoms with Crippen LogP contribution in [0.3, 0.4) is 0 Å². The van der Waals surface area contributed by atoms with Gasteiger partial charge >= 0.3 is 0 Å². The minimum absolute atomic E-state index is 0.0476. The molecular formula is C10H21NO6S2. The van der Waals surface area contributed by atoms with Gasteiger partial charge in [-0.3, -0.25) is 0 Å². The van der Waals surface area contributed by atoms with Crippen molar-refractivity contribution in [3.63, 3.8) is 0 Å². The Morgan fingerprint density at radius 1 is 1.26 bits per heavy atom. The number of sulfone groups is 1. The lowest BCUT2D eigenvalue weighted by Gasteiger charge is -2.41. The van der Waals surface area contributed by atoms with E-state index in [9.17, 15) is 16.8 Å². The first-order chi connectivity index (χ1) is 8.45. The molecule has 0 bridgehead atoms. The molecule has 0 saturated carbocycles. The molecule has 0 aliphatic carbocycles. The van der Waals surface area contributed by atoms with Gasteiger partial charge in [-0.1, -0.05) is 0 Å². The minimum Gasteiger partial charge on any atom is -0.394 e. The summed E-state index contributed by atoms with van der Waals surface area (Å²) in [6.45, 7) is 3.38. The number of hydrogen-bond acceptors (Lipinski definition) is 6. The third-order valence-electron chi connectivity index (χ3n) is 2.76. The summed E-state index contributed by atoms with van der Waals surface area (Å²) in [6, 6.07) is 0. The van der Waals surface area contributed by atoms with Crippen molar-refractivity contribution in [3.05, 3.63) is 0 Å². The fourth-order valence-corrected chi connectivity index (χ4v) is 5.15. The van der Waals surface area contributed by atoms with Crippen molar-refractivity contribution >= 4 is 19.9 Å². The fourth-order valence-electron chi connectivity index (χ4n) is 1.93. The van der Waals surface area contributed by atoms with Crippen molar-refractivity contribution in [1.29, 1.82) is 0 Å². The standard InChI is InChI=1S/C10H21NO6S2/c1-10(2)8-11(6-9(7-12)17-10)19(15,16)5-4-18(3,13)14/h9,12H,4-8H2,1-3H3. The van der Waals surface area contributed by atoms with Gasteiger partial charge in [0.25, 0.3) is 0 Å². The van der Waals surface area contributed by atoms with Gasteiger partial charge in [0.15, 0.2) is 0 Å². The average Bonchev–Trinajstić information content (AvgIpc) is 2.23. The topological polar surface area (TPSA) is 101 Å². The molecule has 1 N–H and O–H groups in total. The fraction of sp³-hybridized carbons (Fsp3) is 1.00. The number of rotatable bonds is 5. The highest BCUT2D eigenvalue weighted by molar-refractivity contribution is 7.93. The molecule has 7 nitrogen and oxygen atoms in total. The van der Waals surface area contributed by atoms with Crippen LogP contribution in [0.2, 0.25) is 0 Å². The quantitative estimate of drug-likeness (QED) is 0.686. The second kappa shape index (κ2) is 5.65. The van der Waals surface area contributed by atoms with Crippen molar-refractivity contribution < 1.29 is 26.7 Å². The summed E-state index contributed by atoms with van der Waals surface area (Å²) in [7, 11) is -7.00. The maximum Gasteiger partial charge on any atom is 0.215 e. The molecule has 1 fully saturated rings. The van der Waals surface area contributed by atoms with Crippen LogP contribution >= 0.6 is 0 Å². The normalized spacial score (nSPS) is 25.4. The highest BCUT2D eigenvalue weighted by Gasteiger charge is 2.38. The first-order valence-electron chi connectivity index (χ1n) is 5.89. The molecule has 0 spiro atoms. The molecule has 1 rings (SSSR count). The van der Waals surface area contributed by atoms with Crippen LogP contribution in [-0.2, 0) is 24.6 Å². The molecular weight excluding hydrogens is 294 g/mol. The smallest absolute Gasteiger partial charge is 0.215 e. The zero-order valence-electron chi connectivity index (χ0n) is 11.4. The second-order valence-corrected chi connectivity index (χ2v) is 9.77. The van der Waals surface area contributed by atoms with Gasteiger partial charge in [0.05, 0.1) is 29.8 Å². The molecule has 1 unspecified atom stereocenters. The number of aliphatic hydroxyl groups is 1. The van der Waals surface area contributed by atoms with Crippen molar-refractivity contribution in [2.75, 3.05) is 37.5 Å². The van der Waals surface area contributed by atoms with E-state index in [1.165, 1.54) is 4.31 Å². The second-order valence-electron chi connectivity index (χ2n) is 5.42. The van der Waals surface area contributed by atoms with Crippen LogP contribution in [-0.4, -0.2) is 75.4 Å². The van der Waals surface area contributed by atoms with Gasteiger partial charge in [0.2, 0.25) is 10.0 Å². The molecule has 0 aromatic carbocycles. The number of sulfonamides is 1. The molecule has 1 aliphatic heterocycles. The molecule has 1 aliphatic rings. The molecule has 0 aromatic rings. The van der Waals surface area contributed by atoms with E-state index < -0.39 is 43.1 Å². The molecule has 0 aromatic heterocycles. The first kappa shape index (κ1) is 16.8. The van der Waals surface area contributed by atoms with Gasteiger partial charge < -0.3 is 9.84 Å². The van der Waals surface area contributed by atoms with Gasteiger partial charge in [0.1, 0.15) is 9.84 Å². The van der Waals surface area contributed by atoms with Gasteiger partial charge in [0, 0.05) is 19.3 Å². The number of hydrogen-bond donors (Lipinski definition) is 1. The molecule has 1 saturated heterocycles. The Hall–Kier alpha value is -0.220. The van der Waals surface area contributed by atoms with Gasteiger partial charge in [-0.2, -0.15) is 4.31 Å². The summed E-state index contributed by atoms with van der Waals surface area (Å²) in [5, 5.41) is 9.12. The Balaban J connectivity index is 2.82. The minimum atomic E-state index is -3.67. The van der Waals surface area contributed by atoms with Crippen LogP contribution in [0, 0.1) is 0 Å². The van der Waals surface area contributed by atoms with Crippen LogP contribution in [0.15, 0.2) is 0 Å². The molecule has 1 atom stereocenters. The van der Waals surface area contributed by atoms with E-state index in [0.717, 1.165) is 6.26 Å². The number of aliphatic hydroxyl groups excluding tert-OH is 1. The lowest BCUT2D eigenvalue weighted by molar-refractivity contribution is -0.131. The Bertz CT molecular complexity index is 510. The Labute approximate surface area is 114 Å². The summed E-state index contributed by atoms with van der Waals surface area (Å²) < 4.78 is 53.0. The molecule has 1 heterocycles. The molecule has 19 heavy (non-hydrogen) atoms. The highest BCUT2D eigenvalue weighted by atomic mass is 32.2. The molecule has 114 valence electrons. The van der Waals surface area contributed by atoms with Crippen molar-refractivity contribution in [2.45, 2.75) is 25.6 Å². The third-order valence-corrected chi connectivity index (χ3v) is 5.75. The summed E-state index contributed by atoms with van der Waals surface area (Å²) in [5.41, 5.74) is -0.705. The largest absolute Gasteiger partial charge is 0.394 e. The maximum absolute atomic E-state index is 12.1. The van der Waals surface area contributed by atoms with E-state index in [1.807, 2.05) is 0 Å². The SMILES string of the molecule is CC1(C)CN(S(=O)(=O)CCS(C)(=O)=O)CC(CO)O1. The van der Waals surface area contributed by atoms with E-state index in [0.29, 0.717) is 0 Å². The van der Waals surface area contributed by atoms with Gasteiger partial charge in [-0.05, 0) is 13.8 Å². The van der Waals surface area contributed by atoms with E-state index >= 15 is 0 Å². The predicted molar refractivity (Wildman–Crippen MR) is 71.1 cm³/mol. The Morgan fingerprint density at radius 2 is 1.84 bits per heavy atom. The summed E-state index contributed by atoms with van der Waals surface area (Å²) in [6.07, 6.45) is 0.416. The zero-order valence-corrected chi connectivity index (χ0v) is 13.0. The Morgan fingerprint density at radius 3 is 2.32 bits per heavy atom. The van der Waals surface area contributed by atoms with E-state index in [2.05, 4.69) is 0 Å². The van der Waals surface area contributed by atoms with Crippen molar-refractivity contribution in [1.82, 2.24) is 4.31 Å². The van der Waals surface area contributed by atoms with Crippen LogP contribution in [0.25, 0.3) is 0 Å². The third kappa shape index (κ3) is 5.35. The summed E-state index contributed by atoms with van der Waals surface area (Å²) >= 11 is 0. The van der Waals surface area contributed by atoms with Gasteiger partial charge in [-0.15, -0.1) is 0 Å². The van der Waals surface area contributed by atoms with E-state index in [4.69, 9.17) is 9.84 Å². The van der Waals surface area contributed by atoms with Gasteiger partial charge in [-0.25, -0.2) is 16.8 Å². The Kier molecular flexibility index (Phi) is 5.00. The van der Waals surface area contributed by atoms with E-state index in [-0.39, 0.29) is 19.7 Å². The van der Waals surface area contributed by atoms with Crippen molar-refractivity contribution in [2.24, 2.45) is 0 Å². The summed E-state index contributed by atoms with van der Waals surface area (Å²) in [4.78, 5) is 0. The maximum atomic E-state index is 12.1. The van der Waals surface area contributed by atoms with Crippen LogP contribution < -0.4 is 0 Å². The van der Waals surface area contributed by atoms with Crippen molar-refractivity contribution in [3.8, 4) is 0 Å². The van der Waals surface area contributed by atoms with Crippen LogP contribution in [0.4, 0.5) is 0 Å². The molecule has 0 radical (unpaired) electrons.